The Labute approximate surface area is 117 Å². The van der Waals surface area contributed by atoms with Crippen LogP contribution in [0.15, 0.2) is 29.1 Å². The van der Waals surface area contributed by atoms with E-state index in [4.69, 9.17) is 9.15 Å². The summed E-state index contributed by atoms with van der Waals surface area (Å²) in [5.41, 5.74) is 4.08. The van der Waals surface area contributed by atoms with Crippen molar-refractivity contribution in [2.45, 2.75) is 12.8 Å². The van der Waals surface area contributed by atoms with Crippen molar-refractivity contribution in [3.63, 3.8) is 0 Å². The third kappa shape index (κ3) is 2.32. The highest BCUT2D eigenvalue weighted by molar-refractivity contribution is 5.96. The van der Waals surface area contributed by atoms with E-state index in [9.17, 15) is 4.79 Å². The zero-order valence-electron chi connectivity index (χ0n) is 11.3. The van der Waals surface area contributed by atoms with Gasteiger partial charge in [-0.2, -0.15) is 0 Å². The number of methoxy groups -OCH3 is 1. The van der Waals surface area contributed by atoms with Crippen LogP contribution in [-0.4, -0.2) is 31.2 Å². The maximum absolute atomic E-state index is 12.0. The lowest BCUT2D eigenvalue weighted by atomic mass is 10.0. The fourth-order valence-electron chi connectivity index (χ4n) is 2.47. The zero-order valence-corrected chi connectivity index (χ0v) is 11.3. The largest absolute Gasteiger partial charge is 0.472 e. The molecular formula is C15H16N2O3. The number of aromatic nitrogens is 1. The molecule has 0 saturated carbocycles. The maximum atomic E-state index is 12.0. The Bertz CT molecular complexity index is 620. The highest BCUT2D eigenvalue weighted by atomic mass is 16.5. The van der Waals surface area contributed by atoms with Gasteiger partial charge < -0.3 is 14.5 Å². The lowest BCUT2D eigenvalue weighted by molar-refractivity contribution is 0.0601. The molecule has 1 N–H and O–H groups in total. The molecule has 0 aliphatic carbocycles. The molecule has 0 amide bonds. The van der Waals surface area contributed by atoms with Crippen LogP contribution in [0.5, 0.6) is 0 Å². The van der Waals surface area contributed by atoms with E-state index in [1.807, 2.05) is 6.07 Å². The topological polar surface area (TPSA) is 64.4 Å². The number of nitrogens with zero attached hydrogens (tertiary/aromatic N) is 1. The van der Waals surface area contributed by atoms with Gasteiger partial charge in [-0.15, -0.1) is 0 Å². The first kappa shape index (κ1) is 12.9. The van der Waals surface area contributed by atoms with E-state index in [1.54, 1.807) is 18.6 Å². The molecule has 3 rings (SSSR count). The van der Waals surface area contributed by atoms with Gasteiger partial charge in [0, 0.05) is 24.2 Å². The van der Waals surface area contributed by atoms with Crippen LogP contribution in [0.2, 0.25) is 0 Å². The summed E-state index contributed by atoms with van der Waals surface area (Å²) in [5, 5.41) is 3.34. The Balaban J connectivity index is 2.15. The molecular weight excluding hydrogens is 256 g/mol. The first-order chi connectivity index (χ1) is 9.79. The van der Waals surface area contributed by atoms with Crippen LogP contribution in [0.3, 0.4) is 0 Å². The highest BCUT2D eigenvalue weighted by Gasteiger charge is 2.20. The van der Waals surface area contributed by atoms with Gasteiger partial charge in [0.1, 0.15) is 0 Å². The Morgan fingerprint density at radius 2 is 2.25 bits per heavy atom. The number of furan rings is 1. The molecule has 0 bridgehead atoms. The standard InChI is InChI=1S/C15H16N2O3/c1-19-15(18)12-8-10-2-5-16-6-3-13(10)17-14(12)11-4-7-20-9-11/h4,7-9,16H,2-3,5-6H2,1H3. The predicted molar refractivity (Wildman–Crippen MR) is 73.6 cm³/mol. The van der Waals surface area contributed by atoms with Crippen molar-refractivity contribution in [1.82, 2.24) is 10.3 Å². The number of esters is 1. The van der Waals surface area contributed by atoms with Gasteiger partial charge in [0.15, 0.2) is 0 Å². The van der Waals surface area contributed by atoms with E-state index in [-0.39, 0.29) is 5.97 Å². The zero-order chi connectivity index (χ0) is 13.9. The second-order valence-corrected chi connectivity index (χ2v) is 4.74. The normalized spacial score (nSPS) is 14.4. The van der Waals surface area contributed by atoms with Crippen molar-refractivity contribution >= 4 is 5.97 Å². The monoisotopic (exact) mass is 272 g/mol. The number of hydrogen-bond donors (Lipinski definition) is 1. The van der Waals surface area contributed by atoms with Crippen molar-refractivity contribution in [3.05, 3.63) is 41.5 Å². The molecule has 0 radical (unpaired) electrons. The Kier molecular flexibility index (Phi) is 3.52. The van der Waals surface area contributed by atoms with Crippen molar-refractivity contribution in [2.24, 2.45) is 0 Å². The van der Waals surface area contributed by atoms with Gasteiger partial charge in [0.2, 0.25) is 0 Å². The second kappa shape index (κ2) is 5.46. The smallest absolute Gasteiger partial charge is 0.340 e. The van der Waals surface area contributed by atoms with Gasteiger partial charge in [-0.05, 0) is 30.7 Å². The van der Waals surface area contributed by atoms with Crippen molar-refractivity contribution in [1.29, 1.82) is 0 Å². The van der Waals surface area contributed by atoms with Gasteiger partial charge in [0.05, 0.1) is 30.9 Å². The summed E-state index contributed by atoms with van der Waals surface area (Å²) in [6, 6.07) is 3.71. The molecule has 20 heavy (non-hydrogen) atoms. The molecule has 0 spiro atoms. The number of ether oxygens (including phenoxy) is 1. The van der Waals surface area contributed by atoms with Crippen LogP contribution in [0.1, 0.15) is 21.6 Å². The van der Waals surface area contributed by atoms with Crippen LogP contribution in [-0.2, 0) is 17.6 Å². The maximum Gasteiger partial charge on any atom is 0.340 e. The van der Waals surface area contributed by atoms with Crippen LogP contribution in [0, 0.1) is 0 Å². The van der Waals surface area contributed by atoms with Gasteiger partial charge in [-0.1, -0.05) is 0 Å². The van der Waals surface area contributed by atoms with Crippen LogP contribution < -0.4 is 5.32 Å². The Morgan fingerprint density at radius 1 is 1.40 bits per heavy atom. The van der Waals surface area contributed by atoms with Gasteiger partial charge >= 0.3 is 5.97 Å². The van der Waals surface area contributed by atoms with E-state index in [0.717, 1.165) is 42.8 Å². The Morgan fingerprint density at radius 3 is 3.00 bits per heavy atom. The van der Waals surface area contributed by atoms with E-state index < -0.39 is 0 Å². The average molecular weight is 272 g/mol. The summed E-state index contributed by atoms with van der Waals surface area (Å²) in [6.07, 6.45) is 4.90. The van der Waals surface area contributed by atoms with Crippen LogP contribution in [0.4, 0.5) is 0 Å². The van der Waals surface area contributed by atoms with Crippen molar-refractivity contribution < 1.29 is 13.9 Å². The molecule has 3 heterocycles. The van der Waals surface area contributed by atoms with Gasteiger partial charge in [-0.3, -0.25) is 4.98 Å². The van der Waals surface area contributed by atoms with E-state index in [2.05, 4.69) is 10.3 Å². The van der Waals surface area contributed by atoms with Crippen molar-refractivity contribution in [3.8, 4) is 11.3 Å². The first-order valence-electron chi connectivity index (χ1n) is 6.64. The van der Waals surface area contributed by atoms with Crippen LogP contribution >= 0.6 is 0 Å². The number of carbonyl (C=O) groups excluding carboxylic acids is 1. The summed E-state index contributed by atoms with van der Waals surface area (Å²) >= 11 is 0. The molecule has 5 nitrogen and oxygen atoms in total. The van der Waals surface area contributed by atoms with E-state index in [0.29, 0.717) is 11.3 Å². The molecule has 0 atom stereocenters. The van der Waals surface area contributed by atoms with Gasteiger partial charge in [0.25, 0.3) is 0 Å². The Hall–Kier alpha value is -2.14. The molecule has 5 heteroatoms. The fourth-order valence-corrected chi connectivity index (χ4v) is 2.47. The third-order valence-electron chi connectivity index (χ3n) is 3.50. The number of rotatable bonds is 2. The summed E-state index contributed by atoms with van der Waals surface area (Å²) < 4.78 is 9.97. The van der Waals surface area contributed by atoms with Gasteiger partial charge in [-0.25, -0.2) is 4.79 Å². The fraction of sp³-hybridized carbons (Fsp3) is 0.333. The quantitative estimate of drug-likeness (QED) is 0.845. The summed E-state index contributed by atoms with van der Waals surface area (Å²) in [5.74, 6) is -0.367. The molecule has 0 unspecified atom stereocenters. The second-order valence-electron chi connectivity index (χ2n) is 4.74. The molecule has 2 aromatic heterocycles. The third-order valence-corrected chi connectivity index (χ3v) is 3.50. The van der Waals surface area contributed by atoms with E-state index in [1.165, 1.54) is 7.11 Å². The number of hydrogen-bond acceptors (Lipinski definition) is 5. The molecule has 1 aliphatic heterocycles. The molecule has 1 aliphatic rings. The minimum Gasteiger partial charge on any atom is -0.472 e. The van der Waals surface area contributed by atoms with E-state index >= 15 is 0 Å². The summed E-state index contributed by atoms with van der Waals surface area (Å²) in [4.78, 5) is 16.7. The lowest BCUT2D eigenvalue weighted by Crippen LogP contribution is -2.16. The molecule has 0 fully saturated rings. The predicted octanol–water partition coefficient (Wildman–Crippen LogP) is 1.82. The number of nitrogens with one attached hydrogen (secondary N) is 1. The number of pyridine rings is 1. The average Bonchev–Trinajstić information content (AvgIpc) is 2.91. The van der Waals surface area contributed by atoms with Crippen LogP contribution in [0.25, 0.3) is 11.3 Å². The first-order valence-corrected chi connectivity index (χ1v) is 6.64. The molecule has 2 aromatic rings. The number of carbonyl (C=O) groups is 1. The highest BCUT2D eigenvalue weighted by Crippen LogP contribution is 2.26. The number of fused-ring (bicyclic) bond motifs is 1. The SMILES string of the molecule is COC(=O)c1cc2c(nc1-c1ccoc1)CCNCC2. The molecule has 104 valence electrons. The summed E-state index contributed by atoms with van der Waals surface area (Å²) in [7, 11) is 1.38. The molecule has 0 aromatic carbocycles. The van der Waals surface area contributed by atoms with Crippen molar-refractivity contribution in [2.75, 3.05) is 20.2 Å². The molecule has 0 saturated heterocycles. The lowest BCUT2D eigenvalue weighted by Gasteiger charge is -2.11. The minimum atomic E-state index is -0.367. The summed E-state index contributed by atoms with van der Waals surface area (Å²) in [6.45, 7) is 1.81. The minimum absolute atomic E-state index is 0.367.